The van der Waals surface area contributed by atoms with Gasteiger partial charge < -0.3 is 18.6 Å². The van der Waals surface area contributed by atoms with Crippen LogP contribution in [0, 0.1) is 6.92 Å². The highest BCUT2D eigenvalue weighted by Gasteiger charge is 2.19. The molecular weight excluding hydrogens is 370 g/mol. The molecule has 0 amide bonds. The molecule has 7 heteroatoms. The number of methoxy groups -OCH3 is 2. The van der Waals surface area contributed by atoms with Gasteiger partial charge in [0.05, 0.1) is 25.3 Å². The van der Waals surface area contributed by atoms with Crippen LogP contribution >= 0.6 is 0 Å². The Morgan fingerprint density at radius 3 is 2.62 bits per heavy atom. The van der Waals surface area contributed by atoms with Gasteiger partial charge in [0.15, 0.2) is 0 Å². The van der Waals surface area contributed by atoms with Crippen LogP contribution in [0.4, 0.5) is 0 Å². The molecule has 0 spiro atoms. The second kappa shape index (κ2) is 7.43. The molecule has 0 N–H and O–H groups in total. The summed E-state index contributed by atoms with van der Waals surface area (Å²) < 4.78 is 18.1. The SMILES string of the molecule is CCn1cc(-c2nc(-c3ccc(OC)cc3OC)no2)c(=O)c2cc(C)ccc21. The maximum Gasteiger partial charge on any atom is 0.263 e. The Balaban J connectivity index is 1.86. The molecule has 0 saturated carbocycles. The molecule has 4 rings (SSSR count). The summed E-state index contributed by atoms with van der Waals surface area (Å²) in [7, 11) is 3.14. The number of ether oxygens (including phenoxy) is 2. The molecule has 0 aliphatic rings. The highest BCUT2D eigenvalue weighted by molar-refractivity contribution is 5.83. The molecular formula is C22H21N3O4. The summed E-state index contributed by atoms with van der Waals surface area (Å²) >= 11 is 0. The Hall–Kier alpha value is -3.61. The van der Waals surface area contributed by atoms with E-state index in [4.69, 9.17) is 14.0 Å². The van der Waals surface area contributed by atoms with Crippen molar-refractivity contribution in [3.63, 3.8) is 0 Å². The van der Waals surface area contributed by atoms with Gasteiger partial charge in [0, 0.05) is 24.2 Å². The van der Waals surface area contributed by atoms with Gasteiger partial charge in [0.1, 0.15) is 17.1 Å². The lowest BCUT2D eigenvalue weighted by Crippen LogP contribution is -2.12. The van der Waals surface area contributed by atoms with Crippen LogP contribution in [-0.2, 0) is 6.54 Å². The Labute approximate surface area is 167 Å². The van der Waals surface area contributed by atoms with Gasteiger partial charge in [-0.3, -0.25) is 4.79 Å². The second-order valence-electron chi connectivity index (χ2n) is 6.67. The van der Waals surface area contributed by atoms with Gasteiger partial charge in [-0.2, -0.15) is 4.98 Å². The van der Waals surface area contributed by atoms with Crippen molar-refractivity contribution in [3.8, 4) is 34.3 Å². The molecule has 29 heavy (non-hydrogen) atoms. The van der Waals surface area contributed by atoms with E-state index in [2.05, 4.69) is 10.1 Å². The van der Waals surface area contributed by atoms with Gasteiger partial charge in [-0.25, -0.2) is 0 Å². The minimum Gasteiger partial charge on any atom is -0.497 e. The summed E-state index contributed by atoms with van der Waals surface area (Å²) in [6.07, 6.45) is 1.77. The molecule has 0 atom stereocenters. The first-order valence-corrected chi connectivity index (χ1v) is 9.26. The summed E-state index contributed by atoms with van der Waals surface area (Å²) in [6.45, 7) is 4.69. The van der Waals surface area contributed by atoms with Gasteiger partial charge in [-0.15, -0.1) is 0 Å². The van der Waals surface area contributed by atoms with Crippen molar-refractivity contribution < 1.29 is 14.0 Å². The maximum absolute atomic E-state index is 13.1. The second-order valence-corrected chi connectivity index (χ2v) is 6.67. The van der Waals surface area contributed by atoms with Gasteiger partial charge >= 0.3 is 0 Å². The van der Waals surface area contributed by atoms with Crippen molar-refractivity contribution in [2.45, 2.75) is 20.4 Å². The lowest BCUT2D eigenvalue weighted by atomic mass is 10.1. The molecule has 2 aromatic heterocycles. The van der Waals surface area contributed by atoms with Gasteiger partial charge in [-0.05, 0) is 38.1 Å². The lowest BCUT2D eigenvalue weighted by molar-refractivity contribution is 0.394. The minimum atomic E-state index is -0.134. The van der Waals surface area contributed by atoms with Crippen LogP contribution in [0.2, 0.25) is 0 Å². The molecule has 148 valence electrons. The highest BCUT2D eigenvalue weighted by Crippen LogP contribution is 2.32. The molecule has 4 aromatic rings. The molecule has 0 unspecified atom stereocenters. The monoisotopic (exact) mass is 391 g/mol. The van der Waals surface area contributed by atoms with Crippen molar-refractivity contribution in [2.24, 2.45) is 0 Å². The first-order valence-electron chi connectivity index (χ1n) is 9.26. The van der Waals surface area contributed by atoms with Gasteiger partial charge in [0.2, 0.25) is 11.3 Å². The molecule has 2 aromatic carbocycles. The average Bonchev–Trinajstić information content (AvgIpc) is 3.23. The fourth-order valence-corrected chi connectivity index (χ4v) is 3.35. The Morgan fingerprint density at radius 1 is 1.07 bits per heavy atom. The number of aromatic nitrogens is 3. The average molecular weight is 391 g/mol. The number of rotatable bonds is 5. The number of benzene rings is 2. The molecule has 0 saturated heterocycles. The molecule has 0 radical (unpaired) electrons. The predicted octanol–water partition coefficient (Wildman–Crippen LogP) is 4.06. The predicted molar refractivity (Wildman–Crippen MR) is 110 cm³/mol. The third kappa shape index (κ3) is 3.24. The van der Waals surface area contributed by atoms with E-state index in [0.717, 1.165) is 11.1 Å². The first kappa shape index (κ1) is 18.7. The summed E-state index contributed by atoms with van der Waals surface area (Å²) in [5.74, 6) is 1.72. The van der Waals surface area contributed by atoms with E-state index in [1.54, 1.807) is 38.6 Å². The molecule has 7 nitrogen and oxygen atoms in total. The number of hydrogen-bond acceptors (Lipinski definition) is 6. The topological polar surface area (TPSA) is 79.4 Å². The van der Waals surface area contributed by atoms with E-state index in [9.17, 15) is 4.79 Å². The fraction of sp³-hybridized carbons (Fsp3) is 0.227. The number of pyridine rings is 1. The number of aryl methyl sites for hydroxylation is 2. The lowest BCUT2D eigenvalue weighted by Gasteiger charge is -2.10. The van der Waals surface area contributed by atoms with Crippen LogP contribution in [0.25, 0.3) is 33.7 Å². The van der Waals surface area contributed by atoms with Gasteiger partial charge in [-0.1, -0.05) is 16.8 Å². The van der Waals surface area contributed by atoms with E-state index in [0.29, 0.717) is 40.4 Å². The standard InChI is InChI=1S/C22H21N3O4/c1-5-25-12-17(20(26)16-10-13(2)6-9-18(16)25)22-23-21(24-29-22)15-8-7-14(27-3)11-19(15)28-4/h6-12H,5H2,1-4H3. The molecule has 0 aliphatic carbocycles. The van der Waals surface area contributed by atoms with E-state index in [-0.39, 0.29) is 11.3 Å². The van der Waals surface area contributed by atoms with Crippen molar-refractivity contribution in [3.05, 3.63) is 58.4 Å². The number of hydrogen-bond donors (Lipinski definition) is 0. The molecule has 0 bridgehead atoms. The van der Waals surface area contributed by atoms with Crippen molar-refractivity contribution in [1.82, 2.24) is 14.7 Å². The zero-order chi connectivity index (χ0) is 20.5. The first-order chi connectivity index (χ1) is 14.0. The maximum atomic E-state index is 13.1. The number of nitrogens with zero attached hydrogens (tertiary/aromatic N) is 3. The molecule has 0 aliphatic heterocycles. The zero-order valence-corrected chi connectivity index (χ0v) is 16.7. The van der Waals surface area contributed by atoms with Crippen LogP contribution in [0.15, 0.2) is 51.9 Å². The van der Waals surface area contributed by atoms with E-state index in [1.807, 2.05) is 36.6 Å². The molecule has 2 heterocycles. The minimum absolute atomic E-state index is 0.134. The molecule has 0 fully saturated rings. The Kier molecular flexibility index (Phi) is 4.80. The van der Waals surface area contributed by atoms with E-state index in [1.165, 1.54) is 0 Å². The largest absolute Gasteiger partial charge is 0.497 e. The summed E-state index contributed by atoms with van der Waals surface area (Å²) in [5.41, 5.74) is 2.78. The van der Waals surface area contributed by atoms with Crippen LogP contribution in [0.5, 0.6) is 11.5 Å². The Bertz CT molecular complexity index is 1260. The van der Waals surface area contributed by atoms with E-state index < -0.39 is 0 Å². The highest BCUT2D eigenvalue weighted by atomic mass is 16.5. The number of fused-ring (bicyclic) bond motifs is 1. The quantitative estimate of drug-likeness (QED) is 0.510. The summed E-state index contributed by atoms with van der Waals surface area (Å²) in [4.78, 5) is 17.6. The third-order valence-corrected chi connectivity index (χ3v) is 4.88. The van der Waals surface area contributed by atoms with Crippen LogP contribution in [-0.4, -0.2) is 28.9 Å². The van der Waals surface area contributed by atoms with Crippen LogP contribution < -0.4 is 14.9 Å². The van der Waals surface area contributed by atoms with Gasteiger partial charge in [0.25, 0.3) is 5.89 Å². The van der Waals surface area contributed by atoms with E-state index >= 15 is 0 Å². The Morgan fingerprint density at radius 2 is 1.90 bits per heavy atom. The smallest absolute Gasteiger partial charge is 0.263 e. The fourth-order valence-electron chi connectivity index (χ4n) is 3.35. The summed E-state index contributed by atoms with van der Waals surface area (Å²) in [5, 5.41) is 4.70. The van der Waals surface area contributed by atoms with Crippen molar-refractivity contribution >= 4 is 10.9 Å². The van der Waals surface area contributed by atoms with Crippen LogP contribution in [0.3, 0.4) is 0 Å². The van der Waals surface area contributed by atoms with Crippen molar-refractivity contribution in [2.75, 3.05) is 14.2 Å². The normalized spacial score (nSPS) is 11.0. The zero-order valence-electron chi connectivity index (χ0n) is 16.7. The van der Waals surface area contributed by atoms with Crippen LogP contribution in [0.1, 0.15) is 12.5 Å². The summed E-state index contributed by atoms with van der Waals surface area (Å²) in [6, 6.07) is 11.2. The van der Waals surface area contributed by atoms with Crippen molar-refractivity contribution in [1.29, 1.82) is 0 Å². The third-order valence-electron chi connectivity index (χ3n) is 4.88.